The first-order valence-corrected chi connectivity index (χ1v) is 6.72. The van der Waals surface area contributed by atoms with Gasteiger partial charge in [-0.2, -0.15) is 0 Å². The van der Waals surface area contributed by atoms with Crippen LogP contribution in [0.3, 0.4) is 0 Å². The van der Waals surface area contributed by atoms with E-state index in [-0.39, 0.29) is 36.4 Å². The Morgan fingerprint density at radius 2 is 2.19 bits per heavy atom. The number of non-ortho nitro benzene ring substituents is 1. The molecule has 1 aromatic carbocycles. The molecule has 1 aromatic rings. The molecule has 0 spiro atoms. The molecule has 1 heterocycles. The molecule has 1 aliphatic rings. The van der Waals surface area contributed by atoms with Gasteiger partial charge in [-0.05, 0) is 25.5 Å². The van der Waals surface area contributed by atoms with Gasteiger partial charge in [0.2, 0.25) is 0 Å². The second kappa shape index (κ2) is 6.19. The number of hydrogen-bond acceptors (Lipinski definition) is 5. The molecular formula is C14H18N2O5. The topological polar surface area (TPSA) is 92.9 Å². The standard InChI is InChI=1S/C14H18N2O5/c1-9-3-11(5-12(4-9)16(19)20)14(18)15-6-10(2)21-13(7-15)8-17/h3-5,10,13,17H,6-8H2,1-2H3. The van der Waals surface area contributed by atoms with Crippen LogP contribution in [0, 0.1) is 17.0 Å². The Hall–Kier alpha value is -1.99. The quantitative estimate of drug-likeness (QED) is 0.666. The second-order valence-electron chi connectivity index (χ2n) is 5.28. The molecule has 0 aromatic heterocycles. The third-order valence-corrected chi connectivity index (χ3v) is 3.34. The fourth-order valence-corrected chi connectivity index (χ4v) is 2.49. The van der Waals surface area contributed by atoms with Gasteiger partial charge in [-0.15, -0.1) is 0 Å². The van der Waals surface area contributed by atoms with Crippen LogP contribution in [0.1, 0.15) is 22.8 Å². The Labute approximate surface area is 122 Å². The molecule has 2 atom stereocenters. The van der Waals surface area contributed by atoms with Crippen LogP contribution < -0.4 is 0 Å². The lowest BCUT2D eigenvalue weighted by molar-refractivity contribution is -0.384. The molecule has 114 valence electrons. The van der Waals surface area contributed by atoms with Gasteiger partial charge < -0.3 is 14.7 Å². The van der Waals surface area contributed by atoms with Gasteiger partial charge in [0.25, 0.3) is 11.6 Å². The monoisotopic (exact) mass is 294 g/mol. The Kier molecular flexibility index (Phi) is 4.54. The number of aliphatic hydroxyl groups excluding tert-OH is 1. The van der Waals surface area contributed by atoms with Gasteiger partial charge in [0.15, 0.2) is 0 Å². The summed E-state index contributed by atoms with van der Waals surface area (Å²) in [6, 6.07) is 4.34. The molecule has 21 heavy (non-hydrogen) atoms. The fraction of sp³-hybridized carbons (Fsp3) is 0.500. The van der Waals surface area contributed by atoms with Crippen molar-refractivity contribution in [1.82, 2.24) is 4.90 Å². The Morgan fingerprint density at radius 3 is 2.81 bits per heavy atom. The van der Waals surface area contributed by atoms with E-state index in [1.807, 2.05) is 6.92 Å². The van der Waals surface area contributed by atoms with Crippen molar-refractivity contribution in [3.05, 3.63) is 39.4 Å². The zero-order valence-electron chi connectivity index (χ0n) is 12.0. The number of morpholine rings is 1. The van der Waals surface area contributed by atoms with Crippen LogP contribution in [-0.4, -0.2) is 52.7 Å². The zero-order chi connectivity index (χ0) is 15.6. The molecule has 7 nitrogen and oxygen atoms in total. The van der Waals surface area contributed by atoms with Crippen molar-refractivity contribution in [3.8, 4) is 0 Å². The van der Waals surface area contributed by atoms with Crippen LogP contribution >= 0.6 is 0 Å². The van der Waals surface area contributed by atoms with E-state index < -0.39 is 11.0 Å². The SMILES string of the molecule is Cc1cc(C(=O)N2CC(C)OC(CO)C2)cc([N+](=O)[O-])c1. The van der Waals surface area contributed by atoms with Crippen molar-refractivity contribution in [1.29, 1.82) is 0 Å². The highest BCUT2D eigenvalue weighted by Crippen LogP contribution is 2.20. The first kappa shape index (κ1) is 15.4. The molecule has 2 rings (SSSR count). The Balaban J connectivity index is 2.25. The van der Waals surface area contributed by atoms with Crippen molar-refractivity contribution in [2.75, 3.05) is 19.7 Å². The summed E-state index contributed by atoms with van der Waals surface area (Å²) in [4.78, 5) is 24.4. The minimum absolute atomic E-state index is 0.0987. The van der Waals surface area contributed by atoms with Gasteiger partial charge >= 0.3 is 0 Å². The van der Waals surface area contributed by atoms with E-state index in [1.165, 1.54) is 12.1 Å². The number of aliphatic hydroxyl groups is 1. The van der Waals surface area contributed by atoms with E-state index in [0.29, 0.717) is 12.1 Å². The van der Waals surface area contributed by atoms with E-state index in [0.717, 1.165) is 0 Å². The lowest BCUT2D eigenvalue weighted by Gasteiger charge is -2.36. The second-order valence-corrected chi connectivity index (χ2v) is 5.28. The molecule has 1 aliphatic heterocycles. The summed E-state index contributed by atoms with van der Waals surface area (Å²) in [5.74, 6) is -0.282. The molecule has 0 radical (unpaired) electrons. The fourth-order valence-electron chi connectivity index (χ4n) is 2.49. The predicted molar refractivity (Wildman–Crippen MR) is 75.2 cm³/mol. The number of carbonyl (C=O) groups is 1. The van der Waals surface area contributed by atoms with Gasteiger partial charge in [0.05, 0.1) is 23.7 Å². The van der Waals surface area contributed by atoms with Gasteiger partial charge in [-0.1, -0.05) is 0 Å². The van der Waals surface area contributed by atoms with Crippen molar-refractivity contribution >= 4 is 11.6 Å². The highest BCUT2D eigenvalue weighted by Gasteiger charge is 2.29. The first-order chi connectivity index (χ1) is 9.90. The van der Waals surface area contributed by atoms with E-state index in [4.69, 9.17) is 4.74 Å². The highest BCUT2D eigenvalue weighted by molar-refractivity contribution is 5.95. The number of benzene rings is 1. The number of hydrogen-bond donors (Lipinski definition) is 1. The van der Waals surface area contributed by atoms with Crippen LogP contribution in [0.2, 0.25) is 0 Å². The lowest BCUT2D eigenvalue weighted by Crippen LogP contribution is -2.50. The number of rotatable bonds is 3. The molecule has 1 saturated heterocycles. The van der Waals surface area contributed by atoms with Crippen LogP contribution in [0.4, 0.5) is 5.69 Å². The summed E-state index contributed by atoms with van der Waals surface area (Å²) in [5, 5.41) is 20.1. The molecule has 0 bridgehead atoms. The number of nitrogens with zero attached hydrogens (tertiary/aromatic N) is 2. The number of carbonyl (C=O) groups excluding carboxylic acids is 1. The van der Waals surface area contributed by atoms with E-state index in [2.05, 4.69) is 0 Å². The van der Waals surface area contributed by atoms with E-state index >= 15 is 0 Å². The van der Waals surface area contributed by atoms with Gasteiger partial charge in [-0.25, -0.2) is 0 Å². The third-order valence-electron chi connectivity index (χ3n) is 3.34. The van der Waals surface area contributed by atoms with Crippen LogP contribution in [0.15, 0.2) is 18.2 Å². The van der Waals surface area contributed by atoms with Crippen LogP contribution in [-0.2, 0) is 4.74 Å². The summed E-state index contributed by atoms with van der Waals surface area (Å²) in [5.41, 5.74) is 0.846. The van der Waals surface area contributed by atoms with E-state index in [9.17, 15) is 20.0 Å². The summed E-state index contributed by atoms with van der Waals surface area (Å²) < 4.78 is 5.49. The maximum absolute atomic E-state index is 12.5. The lowest BCUT2D eigenvalue weighted by atomic mass is 10.1. The summed E-state index contributed by atoms with van der Waals surface area (Å²) >= 11 is 0. The van der Waals surface area contributed by atoms with Gasteiger partial charge in [0, 0.05) is 30.8 Å². The maximum atomic E-state index is 12.5. The third kappa shape index (κ3) is 3.56. The van der Waals surface area contributed by atoms with Gasteiger partial charge in [0.1, 0.15) is 0 Å². The minimum atomic E-state index is -0.512. The van der Waals surface area contributed by atoms with Crippen molar-refractivity contribution in [2.45, 2.75) is 26.1 Å². The largest absolute Gasteiger partial charge is 0.394 e. The molecule has 0 aliphatic carbocycles. The maximum Gasteiger partial charge on any atom is 0.270 e. The molecule has 1 fully saturated rings. The molecular weight excluding hydrogens is 276 g/mol. The number of nitro groups is 1. The highest BCUT2D eigenvalue weighted by atomic mass is 16.6. The van der Waals surface area contributed by atoms with Crippen molar-refractivity contribution < 1.29 is 19.6 Å². The number of amides is 1. The number of nitro benzene ring substituents is 1. The molecule has 2 unspecified atom stereocenters. The smallest absolute Gasteiger partial charge is 0.270 e. The van der Waals surface area contributed by atoms with Crippen molar-refractivity contribution in [3.63, 3.8) is 0 Å². The number of ether oxygens (including phenoxy) is 1. The number of aryl methyl sites for hydroxylation is 1. The summed E-state index contributed by atoms with van der Waals surface area (Å²) in [6.45, 7) is 4.05. The van der Waals surface area contributed by atoms with Crippen LogP contribution in [0.25, 0.3) is 0 Å². The first-order valence-electron chi connectivity index (χ1n) is 6.72. The zero-order valence-corrected chi connectivity index (χ0v) is 12.0. The molecule has 1 amide bonds. The predicted octanol–water partition coefficient (Wildman–Crippen LogP) is 1.13. The Morgan fingerprint density at radius 1 is 1.48 bits per heavy atom. The summed E-state index contributed by atoms with van der Waals surface area (Å²) in [6.07, 6.45) is -0.600. The average Bonchev–Trinajstić information content (AvgIpc) is 2.45. The minimum Gasteiger partial charge on any atom is -0.394 e. The van der Waals surface area contributed by atoms with Crippen molar-refractivity contribution in [2.24, 2.45) is 0 Å². The van der Waals surface area contributed by atoms with Crippen LogP contribution in [0.5, 0.6) is 0 Å². The Bertz CT molecular complexity index is 560. The normalized spacial score (nSPS) is 22.1. The molecule has 7 heteroatoms. The molecule has 0 saturated carbocycles. The molecule has 1 N–H and O–H groups in total. The van der Waals surface area contributed by atoms with Gasteiger partial charge in [-0.3, -0.25) is 14.9 Å². The van der Waals surface area contributed by atoms with E-state index in [1.54, 1.807) is 17.9 Å². The summed E-state index contributed by atoms with van der Waals surface area (Å²) in [7, 11) is 0. The average molecular weight is 294 g/mol.